The number of hydrogen-bond acceptors (Lipinski definition) is 5. The van der Waals surface area contributed by atoms with Gasteiger partial charge in [-0.3, -0.25) is 4.79 Å². The molecule has 1 N–H and O–H groups in total. The Morgan fingerprint density at radius 1 is 1.15 bits per heavy atom. The maximum atomic E-state index is 13.4. The number of fused-ring (bicyclic) bond motifs is 1. The van der Waals surface area contributed by atoms with Crippen LogP contribution in [0.1, 0.15) is 63.1 Å². The Morgan fingerprint density at radius 2 is 1.88 bits per heavy atom. The summed E-state index contributed by atoms with van der Waals surface area (Å²) in [4.78, 5) is 29.7. The van der Waals surface area contributed by atoms with Crippen LogP contribution in [0.4, 0.5) is 10.5 Å². The second-order valence-corrected chi connectivity index (χ2v) is 10.5. The van der Waals surface area contributed by atoms with E-state index in [0.717, 1.165) is 29.7 Å². The van der Waals surface area contributed by atoms with Gasteiger partial charge < -0.3 is 19.6 Å². The predicted octanol–water partition coefficient (Wildman–Crippen LogP) is 4.83. The van der Waals surface area contributed by atoms with E-state index in [0.29, 0.717) is 18.7 Å². The van der Waals surface area contributed by atoms with E-state index in [2.05, 4.69) is 0 Å². The highest BCUT2D eigenvalue weighted by Gasteiger charge is 2.44. The minimum atomic E-state index is -0.942. The van der Waals surface area contributed by atoms with E-state index in [4.69, 9.17) is 4.74 Å². The van der Waals surface area contributed by atoms with E-state index in [-0.39, 0.29) is 30.1 Å². The molecule has 2 aliphatic heterocycles. The molecule has 2 aromatic rings. The minimum Gasteiger partial charge on any atom is -0.508 e. The molecule has 0 radical (unpaired) electrons. The van der Waals surface area contributed by atoms with Crippen molar-refractivity contribution in [2.75, 3.05) is 31.6 Å². The number of benzene rings is 2. The summed E-state index contributed by atoms with van der Waals surface area (Å²) in [7, 11) is 1.92. The number of anilines is 1. The summed E-state index contributed by atoms with van der Waals surface area (Å²) in [6.45, 7) is 9.04. The summed E-state index contributed by atoms with van der Waals surface area (Å²) in [6, 6.07) is 13.5. The standard InChI is InChI=1S/C27H34N2O4/c1-26(2,3)33-25(32)29-14-8-9-19(16-29)18-12-13-23(30)21(15-18)27(4)20-10-6-7-11-22(20)28(5)17-24(27)31/h6-7,10-13,15,19,30H,8-9,14,16-17H2,1-5H3. The van der Waals surface area contributed by atoms with Gasteiger partial charge in [-0.1, -0.05) is 30.3 Å². The number of nitrogens with zero attached hydrogens (tertiary/aromatic N) is 2. The highest BCUT2D eigenvalue weighted by Crippen LogP contribution is 2.46. The summed E-state index contributed by atoms with van der Waals surface area (Å²) >= 11 is 0. The van der Waals surface area contributed by atoms with Gasteiger partial charge in [0.1, 0.15) is 11.4 Å². The fraction of sp³-hybridized carbons (Fsp3) is 0.481. The third kappa shape index (κ3) is 4.31. The fourth-order valence-corrected chi connectivity index (χ4v) is 5.08. The molecule has 6 heteroatoms. The van der Waals surface area contributed by atoms with Gasteiger partial charge in [0.05, 0.1) is 12.0 Å². The smallest absolute Gasteiger partial charge is 0.410 e. The number of carbonyl (C=O) groups is 2. The fourth-order valence-electron chi connectivity index (χ4n) is 5.08. The lowest BCUT2D eigenvalue weighted by atomic mass is 9.69. The number of aromatic hydroxyl groups is 1. The van der Waals surface area contributed by atoms with Gasteiger partial charge in [0.2, 0.25) is 0 Å². The van der Waals surface area contributed by atoms with Crippen molar-refractivity contribution in [1.82, 2.24) is 4.90 Å². The summed E-state index contributed by atoms with van der Waals surface area (Å²) in [5, 5.41) is 10.9. The zero-order valence-corrected chi connectivity index (χ0v) is 20.2. The molecule has 2 unspecified atom stereocenters. The van der Waals surface area contributed by atoms with Crippen LogP contribution in [0.25, 0.3) is 0 Å². The van der Waals surface area contributed by atoms with Crippen molar-refractivity contribution < 1.29 is 19.4 Å². The number of likely N-dealkylation sites (N-methyl/N-ethyl adjacent to an activating group) is 1. The van der Waals surface area contributed by atoms with Crippen LogP contribution in [-0.4, -0.2) is 54.2 Å². The van der Waals surface area contributed by atoms with Crippen LogP contribution in [-0.2, 0) is 14.9 Å². The predicted molar refractivity (Wildman–Crippen MR) is 129 cm³/mol. The monoisotopic (exact) mass is 450 g/mol. The van der Waals surface area contributed by atoms with E-state index in [1.165, 1.54) is 0 Å². The molecular weight excluding hydrogens is 416 g/mol. The van der Waals surface area contributed by atoms with Crippen LogP contribution in [0, 0.1) is 0 Å². The molecule has 0 saturated carbocycles. The van der Waals surface area contributed by atoms with Gasteiger partial charge in [-0.15, -0.1) is 0 Å². The van der Waals surface area contributed by atoms with E-state index in [9.17, 15) is 14.7 Å². The van der Waals surface area contributed by atoms with Gasteiger partial charge in [-0.2, -0.15) is 0 Å². The molecule has 2 aromatic carbocycles. The maximum Gasteiger partial charge on any atom is 0.410 e. The average molecular weight is 451 g/mol. The van der Waals surface area contributed by atoms with Gasteiger partial charge in [0.15, 0.2) is 5.78 Å². The summed E-state index contributed by atoms with van der Waals surface area (Å²) < 4.78 is 5.58. The van der Waals surface area contributed by atoms with Crippen LogP contribution in [0.2, 0.25) is 0 Å². The van der Waals surface area contributed by atoms with Crippen molar-refractivity contribution in [1.29, 1.82) is 0 Å². The van der Waals surface area contributed by atoms with E-state index in [1.807, 2.05) is 76.0 Å². The molecule has 2 heterocycles. The van der Waals surface area contributed by atoms with Crippen LogP contribution in [0.5, 0.6) is 5.75 Å². The first-order valence-electron chi connectivity index (χ1n) is 11.7. The molecule has 176 valence electrons. The Balaban J connectivity index is 1.68. The van der Waals surface area contributed by atoms with Crippen molar-refractivity contribution in [2.45, 2.75) is 57.5 Å². The first-order chi connectivity index (χ1) is 15.5. The van der Waals surface area contributed by atoms with Gasteiger partial charge in [0.25, 0.3) is 0 Å². The summed E-state index contributed by atoms with van der Waals surface area (Å²) in [5.41, 5.74) is 2.07. The quantitative estimate of drug-likeness (QED) is 0.710. The lowest BCUT2D eigenvalue weighted by Crippen LogP contribution is -2.46. The van der Waals surface area contributed by atoms with Crippen molar-refractivity contribution in [2.24, 2.45) is 0 Å². The van der Waals surface area contributed by atoms with Crippen LogP contribution in [0.3, 0.4) is 0 Å². The lowest BCUT2D eigenvalue weighted by Gasteiger charge is -2.40. The first-order valence-corrected chi connectivity index (χ1v) is 11.7. The highest BCUT2D eigenvalue weighted by molar-refractivity contribution is 6.01. The number of amides is 1. The number of carbonyl (C=O) groups excluding carboxylic acids is 2. The molecule has 1 saturated heterocycles. The van der Waals surface area contributed by atoms with Crippen LogP contribution >= 0.6 is 0 Å². The highest BCUT2D eigenvalue weighted by atomic mass is 16.6. The molecule has 1 amide bonds. The SMILES string of the molecule is CN1CC(=O)C(C)(c2cc(C3CCCN(C(=O)OC(C)(C)C)C3)ccc2O)c2ccccc21. The Morgan fingerprint density at radius 3 is 2.61 bits per heavy atom. The van der Waals surface area contributed by atoms with Crippen molar-refractivity contribution in [3.05, 3.63) is 59.2 Å². The van der Waals surface area contributed by atoms with Gasteiger partial charge in [-0.25, -0.2) is 4.79 Å². The normalized spacial score (nSPS) is 23.3. The number of Topliss-reactive ketones (excluding diaryl/α,β-unsaturated/α-hetero) is 1. The number of piperidine rings is 1. The van der Waals surface area contributed by atoms with Crippen LogP contribution < -0.4 is 4.90 Å². The first kappa shape index (κ1) is 23.1. The maximum absolute atomic E-state index is 13.4. The number of phenols is 1. The number of phenolic OH excluding ortho intramolecular Hbond substituents is 1. The number of ketones is 1. The lowest BCUT2D eigenvalue weighted by molar-refractivity contribution is -0.121. The molecule has 0 spiro atoms. The molecule has 33 heavy (non-hydrogen) atoms. The van der Waals surface area contributed by atoms with Crippen molar-refractivity contribution >= 4 is 17.6 Å². The Kier molecular flexibility index (Phi) is 5.89. The number of para-hydroxylation sites is 1. The average Bonchev–Trinajstić information content (AvgIpc) is 2.77. The number of likely N-dealkylation sites (tertiary alicyclic amines) is 1. The molecule has 2 atom stereocenters. The largest absolute Gasteiger partial charge is 0.508 e. The summed E-state index contributed by atoms with van der Waals surface area (Å²) in [6.07, 6.45) is 1.52. The number of ether oxygens (including phenoxy) is 1. The van der Waals surface area contributed by atoms with E-state index >= 15 is 0 Å². The summed E-state index contributed by atoms with van der Waals surface area (Å²) in [5.74, 6) is 0.287. The van der Waals surface area contributed by atoms with Crippen molar-refractivity contribution in [3.63, 3.8) is 0 Å². The Hall–Kier alpha value is -3.02. The third-order valence-electron chi connectivity index (χ3n) is 6.90. The molecule has 0 aromatic heterocycles. The second-order valence-electron chi connectivity index (χ2n) is 10.5. The van der Waals surface area contributed by atoms with Gasteiger partial charge in [0, 0.05) is 37.3 Å². The third-order valence-corrected chi connectivity index (χ3v) is 6.90. The molecular formula is C27H34N2O4. The van der Waals surface area contributed by atoms with Gasteiger partial charge >= 0.3 is 6.09 Å². The van der Waals surface area contributed by atoms with Gasteiger partial charge in [-0.05, 0) is 63.8 Å². The zero-order chi connectivity index (χ0) is 24.0. The molecule has 4 rings (SSSR count). The Labute approximate surface area is 196 Å². The zero-order valence-electron chi connectivity index (χ0n) is 20.2. The Bertz CT molecular complexity index is 1070. The minimum absolute atomic E-state index is 0.0511. The van der Waals surface area contributed by atoms with Crippen molar-refractivity contribution in [3.8, 4) is 5.75 Å². The van der Waals surface area contributed by atoms with E-state index in [1.54, 1.807) is 11.0 Å². The van der Waals surface area contributed by atoms with Crippen LogP contribution in [0.15, 0.2) is 42.5 Å². The molecule has 0 aliphatic carbocycles. The molecule has 0 bridgehead atoms. The number of rotatable bonds is 2. The second kappa shape index (κ2) is 8.40. The van der Waals surface area contributed by atoms with E-state index < -0.39 is 11.0 Å². The molecule has 1 fully saturated rings. The molecule has 6 nitrogen and oxygen atoms in total. The molecule has 2 aliphatic rings. The number of hydrogen-bond donors (Lipinski definition) is 1. The topological polar surface area (TPSA) is 70.1 Å².